The molecule has 0 saturated carbocycles. The summed E-state index contributed by atoms with van der Waals surface area (Å²) in [7, 11) is 0. The second kappa shape index (κ2) is 9.02. The highest BCUT2D eigenvalue weighted by atomic mass is 32.2. The Morgan fingerprint density at radius 1 is 1.19 bits per heavy atom. The Labute approximate surface area is 127 Å². The van der Waals surface area contributed by atoms with Gasteiger partial charge in [-0.05, 0) is 11.1 Å². The van der Waals surface area contributed by atoms with Gasteiger partial charge in [-0.3, -0.25) is 14.4 Å². The van der Waals surface area contributed by atoms with E-state index < -0.39 is 11.9 Å². The van der Waals surface area contributed by atoms with Gasteiger partial charge in [0, 0.05) is 18.7 Å². The lowest BCUT2D eigenvalue weighted by Crippen LogP contribution is -2.24. The molecule has 0 aliphatic rings. The molecule has 4 N–H and O–H groups in total. The van der Waals surface area contributed by atoms with Crippen LogP contribution in [0.4, 0.5) is 0 Å². The highest BCUT2D eigenvalue weighted by Gasteiger charge is 2.08. The largest absolute Gasteiger partial charge is 0.481 e. The molecule has 1 aromatic carbocycles. The number of benzene rings is 1. The molecular formula is C14H18N2O4S. The van der Waals surface area contributed by atoms with E-state index in [1.807, 2.05) is 0 Å². The fourth-order valence-corrected chi connectivity index (χ4v) is 2.36. The summed E-state index contributed by atoms with van der Waals surface area (Å²) in [6, 6.07) is 7.10. The Morgan fingerprint density at radius 3 is 2.48 bits per heavy atom. The number of thioether (sulfide) groups is 1. The van der Waals surface area contributed by atoms with Crippen molar-refractivity contribution in [2.24, 2.45) is 5.73 Å². The van der Waals surface area contributed by atoms with Crippen LogP contribution in [0.1, 0.15) is 17.5 Å². The Hall–Kier alpha value is -2.02. The first-order valence-corrected chi connectivity index (χ1v) is 7.56. The number of nitrogens with two attached hydrogens (primary N) is 1. The molecule has 0 spiro atoms. The monoisotopic (exact) mass is 310 g/mol. The molecular weight excluding hydrogens is 292 g/mol. The van der Waals surface area contributed by atoms with Gasteiger partial charge in [-0.25, -0.2) is 0 Å². The summed E-state index contributed by atoms with van der Waals surface area (Å²) in [6.07, 6.45) is 0.222. The van der Waals surface area contributed by atoms with E-state index in [1.54, 1.807) is 24.3 Å². The number of aliphatic carboxylic acids is 1. The van der Waals surface area contributed by atoms with Gasteiger partial charge in [-0.15, -0.1) is 0 Å². The number of rotatable bonds is 9. The first kappa shape index (κ1) is 17.0. The standard InChI is InChI=1S/C14H18N2O4S/c15-12(17)9-21-6-5-13(18)16-8-11-4-2-1-3-10(11)7-14(19)20/h1-4H,5-9H2,(H2,15,17)(H,16,18)(H,19,20). The topological polar surface area (TPSA) is 109 Å². The Morgan fingerprint density at radius 2 is 1.86 bits per heavy atom. The molecule has 0 fully saturated rings. The van der Waals surface area contributed by atoms with Gasteiger partial charge in [0.15, 0.2) is 0 Å². The van der Waals surface area contributed by atoms with E-state index in [0.29, 0.717) is 24.3 Å². The Kier molecular flexibility index (Phi) is 7.31. The van der Waals surface area contributed by atoms with E-state index in [4.69, 9.17) is 10.8 Å². The molecule has 0 saturated heterocycles. The maximum Gasteiger partial charge on any atom is 0.307 e. The van der Waals surface area contributed by atoms with Crippen LogP contribution >= 0.6 is 11.8 Å². The van der Waals surface area contributed by atoms with Crippen molar-refractivity contribution < 1.29 is 19.5 Å². The molecule has 0 atom stereocenters. The van der Waals surface area contributed by atoms with Gasteiger partial charge >= 0.3 is 5.97 Å². The second-order valence-electron chi connectivity index (χ2n) is 4.38. The van der Waals surface area contributed by atoms with E-state index in [1.165, 1.54) is 11.8 Å². The molecule has 7 heteroatoms. The van der Waals surface area contributed by atoms with Crippen molar-refractivity contribution in [2.45, 2.75) is 19.4 Å². The third-order valence-corrected chi connectivity index (χ3v) is 3.64. The number of primary amides is 1. The summed E-state index contributed by atoms with van der Waals surface area (Å²) in [5.41, 5.74) is 6.47. The zero-order valence-electron chi connectivity index (χ0n) is 11.5. The number of nitrogens with one attached hydrogen (secondary N) is 1. The lowest BCUT2D eigenvalue weighted by Gasteiger charge is -2.09. The SMILES string of the molecule is NC(=O)CSCCC(=O)NCc1ccccc1CC(=O)O. The lowest BCUT2D eigenvalue weighted by atomic mass is 10.0. The number of hydrogen-bond acceptors (Lipinski definition) is 4. The highest BCUT2D eigenvalue weighted by molar-refractivity contribution is 7.99. The third-order valence-electron chi connectivity index (χ3n) is 2.65. The summed E-state index contributed by atoms with van der Waals surface area (Å²) in [5.74, 6) is -0.725. The fourth-order valence-electron chi connectivity index (χ4n) is 1.69. The van der Waals surface area contributed by atoms with Crippen molar-refractivity contribution >= 4 is 29.5 Å². The number of hydrogen-bond donors (Lipinski definition) is 3. The number of carbonyl (C=O) groups excluding carboxylic acids is 2. The number of carbonyl (C=O) groups is 3. The smallest absolute Gasteiger partial charge is 0.307 e. The van der Waals surface area contributed by atoms with Gasteiger partial charge < -0.3 is 16.2 Å². The second-order valence-corrected chi connectivity index (χ2v) is 5.49. The van der Waals surface area contributed by atoms with Crippen LogP contribution in [-0.2, 0) is 27.3 Å². The Balaban J connectivity index is 2.39. The molecule has 0 unspecified atom stereocenters. The van der Waals surface area contributed by atoms with E-state index in [2.05, 4.69) is 5.32 Å². The van der Waals surface area contributed by atoms with Crippen LogP contribution in [0, 0.1) is 0 Å². The number of amides is 2. The van der Waals surface area contributed by atoms with E-state index in [9.17, 15) is 14.4 Å². The van der Waals surface area contributed by atoms with Crippen molar-refractivity contribution in [1.82, 2.24) is 5.32 Å². The van der Waals surface area contributed by atoms with Gasteiger partial charge in [-0.1, -0.05) is 24.3 Å². The summed E-state index contributed by atoms with van der Waals surface area (Å²) < 4.78 is 0. The molecule has 0 aliphatic carbocycles. The quantitative estimate of drug-likeness (QED) is 0.577. The molecule has 6 nitrogen and oxygen atoms in total. The van der Waals surface area contributed by atoms with E-state index in [0.717, 1.165) is 5.56 Å². The first-order chi connectivity index (χ1) is 9.99. The van der Waals surface area contributed by atoms with Crippen LogP contribution in [0.25, 0.3) is 0 Å². The van der Waals surface area contributed by atoms with Crippen molar-refractivity contribution in [2.75, 3.05) is 11.5 Å². The first-order valence-electron chi connectivity index (χ1n) is 6.40. The molecule has 0 bridgehead atoms. The van der Waals surface area contributed by atoms with Crippen LogP contribution in [0.2, 0.25) is 0 Å². The molecule has 21 heavy (non-hydrogen) atoms. The third kappa shape index (κ3) is 7.36. The zero-order chi connectivity index (χ0) is 15.7. The zero-order valence-corrected chi connectivity index (χ0v) is 12.3. The summed E-state index contributed by atoms with van der Waals surface area (Å²) in [5, 5.41) is 11.6. The predicted octanol–water partition coefficient (Wildman–Crippen LogP) is 0.538. The molecule has 2 amide bonds. The fraction of sp³-hybridized carbons (Fsp3) is 0.357. The molecule has 1 rings (SSSR count). The van der Waals surface area contributed by atoms with Crippen molar-refractivity contribution in [1.29, 1.82) is 0 Å². The van der Waals surface area contributed by atoms with Gasteiger partial charge in [0.1, 0.15) is 0 Å². The number of carboxylic acid groups (broad SMARTS) is 1. The summed E-state index contributed by atoms with van der Waals surface area (Å²) in [6.45, 7) is 0.294. The summed E-state index contributed by atoms with van der Waals surface area (Å²) in [4.78, 5) is 32.9. The van der Waals surface area contributed by atoms with Crippen LogP contribution in [0.5, 0.6) is 0 Å². The van der Waals surface area contributed by atoms with E-state index in [-0.39, 0.29) is 18.1 Å². The lowest BCUT2D eigenvalue weighted by molar-refractivity contribution is -0.136. The van der Waals surface area contributed by atoms with E-state index >= 15 is 0 Å². The molecule has 114 valence electrons. The molecule has 0 aliphatic heterocycles. The van der Waals surface area contributed by atoms with Crippen molar-refractivity contribution in [3.63, 3.8) is 0 Å². The average molecular weight is 310 g/mol. The maximum absolute atomic E-state index is 11.6. The minimum Gasteiger partial charge on any atom is -0.481 e. The normalized spacial score (nSPS) is 10.1. The van der Waals surface area contributed by atoms with Gasteiger partial charge in [-0.2, -0.15) is 11.8 Å². The van der Waals surface area contributed by atoms with Crippen molar-refractivity contribution in [3.8, 4) is 0 Å². The predicted molar refractivity (Wildman–Crippen MR) is 80.8 cm³/mol. The van der Waals surface area contributed by atoms with Gasteiger partial charge in [0.05, 0.1) is 12.2 Å². The highest BCUT2D eigenvalue weighted by Crippen LogP contribution is 2.10. The molecule has 0 radical (unpaired) electrons. The average Bonchev–Trinajstić information content (AvgIpc) is 2.42. The summed E-state index contributed by atoms with van der Waals surface area (Å²) >= 11 is 1.31. The minimum absolute atomic E-state index is 0.0689. The number of carboxylic acids is 1. The molecule has 1 aromatic rings. The Bertz CT molecular complexity index is 519. The minimum atomic E-state index is -0.906. The maximum atomic E-state index is 11.6. The van der Waals surface area contributed by atoms with Crippen LogP contribution < -0.4 is 11.1 Å². The molecule has 0 aromatic heterocycles. The van der Waals surface area contributed by atoms with Crippen LogP contribution in [0.15, 0.2) is 24.3 Å². The van der Waals surface area contributed by atoms with Crippen LogP contribution in [-0.4, -0.2) is 34.4 Å². The van der Waals surface area contributed by atoms with Crippen LogP contribution in [0.3, 0.4) is 0 Å². The molecule has 0 heterocycles. The van der Waals surface area contributed by atoms with Gasteiger partial charge in [0.2, 0.25) is 11.8 Å². The van der Waals surface area contributed by atoms with Crippen molar-refractivity contribution in [3.05, 3.63) is 35.4 Å². The van der Waals surface area contributed by atoms with Gasteiger partial charge in [0.25, 0.3) is 0 Å².